The molecule has 1 nitrogen and oxygen atoms in total. The van der Waals surface area contributed by atoms with Gasteiger partial charge in [0.25, 0.3) is 0 Å². The van der Waals surface area contributed by atoms with E-state index in [1.54, 1.807) is 0 Å². The summed E-state index contributed by atoms with van der Waals surface area (Å²) in [6.07, 6.45) is 2.61. The van der Waals surface area contributed by atoms with Crippen molar-refractivity contribution < 1.29 is 4.74 Å². The summed E-state index contributed by atoms with van der Waals surface area (Å²) < 4.78 is 6.23. The van der Waals surface area contributed by atoms with Gasteiger partial charge in [0.05, 0.1) is 0 Å². The van der Waals surface area contributed by atoms with Crippen LogP contribution in [0.2, 0.25) is 5.32 Å². The molecule has 0 aromatic heterocycles. The van der Waals surface area contributed by atoms with Gasteiger partial charge in [-0.15, -0.1) is 0 Å². The zero-order chi connectivity index (χ0) is 9.95. The summed E-state index contributed by atoms with van der Waals surface area (Å²) in [4.78, 5) is 0. The number of hydrogen-bond donors (Lipinski definition) is 0. The van der Waals surface area contributed by atoms with Crippen LogP contribution in [0.1, 0.15) is 40.5 Å². The van der Waals surface area contributed by atoms with E-state index >= 15 is 0 Å². The number of ether oxygens (including phenoxy) is 1. The predicted molar refractivity (Wildman–Crippen MR) is 61.5 cm³/mol. The Labute approximate surface area is 92.5 Å². The number of unbranched alkanes of at least 4 members (excludes halogenated alkanes) is 1. The Morgan fingerprint density at radius 3 is 2.54 bits per heavy atom. The van der Waals surface area contributed by atoms with Crippen molar-refractivity contribution in [1.29, 1.82) is 0 Å². The van der Waals surface area contributed by atoms with E-state index in [2.05, 4.69) is 27.7 Å². The third-order valence-electron chi connectivity index (χ3n) is 2.01. The second kappa shape index (κ2) is 4.57. The van der Waals surface area contributed by atoms with Crippen LogP contribution >= 0.6 is 11.8 Å². The standard InChI is InChI=1S/C10H20OSSe/c1-5-6-7-12-10(4)11-9(2,3)8-13-10/h5-8H2,1-4H3/t10-/m0/s1. The van der Waals surface area contributed by atoms with Crippen LogP contribution in [0.3, 0.4) is 0 Å². The molecule has 1 rings (SSSR count). The summed E-state index contributed by atoms with van der Waals surface area (Å²) in [7, 11) is 0. The Morgan fingerprint density at radius 1 is 1.38 bits per heavy atom. The first-order valence-electron chi connectivity index (χ1n) is 4.95. The minimum atomic E-state index is 0.133. The molecule has 0 amide bonds. The third-order valence-corrected chi connectivity index (χ3v) is 7.50. The molecule has 0 aliphatic carbocycles. The number of rotatable bonds is 4. The molecule has 0 unspecified atom stereocenters. The Hall–Kier alpha value is 0.829. The fourth-order valence-electron chi connectivity index (χ4n) is 1.34. The average Bonchev–Trinajstić information content (AvgIpc) is 2.27. The molecule has 1 aliphatic heterocycles. The van der Waals surface area contributed by atoms with Crippen molar-refractivity contribution >= 4 is 26.7 Å². The summed E-state index contributed by atoms with van der Waals surface area (Å²) in [5.74, 6) is 1.25. The zero-order valence-corrected chi connectivity index (χ0v) is 11.6. The molecular weight excluding hydrogens is 247 g/mol. The maximum absolute atomic E-state index is 6.07. The van der Waals surface area contributed by atoms with Crippen molar-refractivity contribution in [1.82, 2.24) is 0 Å². The van der Waals surface area contributed by atoms with E-state index in [0.717, 1.165) is 0 Å². The number of thioether (sulfide) groups is 1. The molecule has 0 radical (unpaired) electrons. The molecule has 0 aromatic carbocycles. The van der Waals surface area contributed by atoms with Crippen molar-refractivity contribution in [3.63, 3.8) is 0 Å². The van der Waals surface area contributed by atoms with Crippen LogP contribution in [0.15, 0.2) is 0 Å². The van der Waals surface area contributed by atoms with E-state index in [-0.39, 0.29) is 9.43 Å². The molecule has 1 saturated heterocycles. The predicted octanol–water partition coefficient (Wildman–Crippen LogP) is 3.12. The normalized spacial score (nSPS) is 32.3. The van der Waals surface area contributed by atoms with E-state index in [4.69, 9.17) is 4.74 Å². The van der Waals surface area contributed by atoms with Crippen molar-refractivity contribution in [3.05, 3.63) is 0 Å². The average molecular weight is 267 g/mol. The van der Waals surface area contributed by atoms with Crippen LogP contribution in [0.4, 0.5) is 0 Å². The van der Waals surface area contributed by atoms with Gasteiger partial charge in [-0.05, 0) is 0 Å². The first-order chi connectivity index (χ1) is 5.97. The van der Waals surface area contributed by atoms with Gasteiger partial charge in [-0.25, -0.2) is 0 Å². The summed E-state index contributed by atoms with van der Waals surface area (Å²) in [6, 6.07) is 0. The van der Waals surface area contributed by atoms with Gasteiger partial charge >= 0.3 is 92.5 Å². The molecule has 0 spiro atoms. The van der Waals surface area contributed by atoms with Crippen molar-refractivity contribution in [3.8, 4) is 0 Å². The second-order valence-electron chi connectivity index (χ2n) is 4.21. The monoisotopic (exact) mass is 268 g/mol. The van der Waals surface area contributed by atoms with E-state index in [0.29, 0.717) is 15.0 Å². The topological polar surface area (TPSA) is 9.23 Å². The molecular formula is C10H20OSSe. The molecule has 1 fully saturated rings. The van der Waals surface area contributed by atoms with Crippen molar-refractivity contribution in [2.45, 2.75) is 55.3 Å². The van der Waals surface area contributed by atoms with Gasteiger partial charge in [0, 0.05) is 0 Å². The Morgan fingerprint density at radius 2 is 2.08 bits per heavy atom. The van der Waals surface area contributed by atoms with Crippen LogP contribution in [-0.4, -0.2) is 30.1 Å². The van der Waals surface area contributed by atoms with E-state index in [1.807, 2.05) is 11.8 Å². The second-order valence-corrected chi connectivity index (χ2v) is 9.12. The molecule has 1 atom stereocenters. The summed E-state index contributed by atoms with van der Waals surface area (Å²) in [5, 5.41) is 1.26. The molecule has 1 aliphatic rings. The Bertz CT molecular complexity index is 172. The summed E-state index contributed by atoms with van der Waals surface area (Å²) in [6.45, 7) is 8.93. The van der Waals surface area contributed by atoms with Crippen LogP contribution in [0, 0.1) is 0 Å². The van der Waals surface area contributed by atoms with E-state index in [1.165, 1.54) is 23.9 Å². The molecule has 0 aromatic rings. The number of hydrogen-bond acceptors (Lipinski definition) is 2. The van der Waals surface area contributed by atoms with Gasteiger partial charge in [-0.1, -0.05) is 0 Å². The third kappa shape index (κ3) is 3.83. The molecule has 0 N–H and O–H groups in total. The SMILES string of the molecule is CCCCS[C@]1(C)OC(C)(C)C[Se]1. The summed E-state index contributed by atoms with van der Waals surface area (Å²) >= 11 is 2.67. The fraction of sp³-hybridized carbons (Fsp3) is 1.00. The van der Waals surface area contributed by atoms with E-state index < -0.39 is 0 Å². The molecule has 0 saturated carbocycles. The van der Waals surface area contributed by atoms with Gasteiger partial charge in [-0.2, -0.15) is 0 Å². The quantitative estimate of drug-likeness (QED) is 0.571. The van der Waals surface area contributed by atoms with Crippen LogP contribution in [-0.2, 0) is 4.74 Å². The Kier molecular flexibility index (Phi) is 4.18. The van der Waals surface area contributed by atoms with E-state index in [9.17, 15) is 0 Å². The molecule has 1 heterocycles. The fourth-order valence-corrected chi connectivity index (χ4v) is 5.87. The first-order valence-corrected chi connectivity index (χ1v) is 8.01. The molecule has 3 heteroatoms. The van der Waals surface area contributed by atoms with Gasteiger partial charge in [0.2, 0.25) is 0 Å². The van der Waals surface area contributed by atoms with Gasteiger partial charge in [0.15, 0.2) is 0 Å². The molecule has 0 bridgehead atoms. The van der Waals surface area contributed by atoms with Gasteiger partial charge in [-0.3, -0.25) is 0 Å². The minimum absolute atomic E-state index is 0.133. The molecule has 78 valence electrons. The van der Waals surface area contributed by atoms with Crippen molar-refractivity contribution in [2.24, 2.45) is 0 Å². The van der Waals surface area contributed by atoms with Gasteiger partial charge in [0.1, 0.15) is 0 Å². The maximum atomic E-state index is 6.07. The first kappa shape index (κ1) is 11.9. The van der Waals surface area contributed by atoms with Crippen LogP contribution in [0.5, 0.6) is 0 Å². The zero-order valence-electron chi connectivity index (χ0n) is 9.05. The Balaban J connectivity index is 2.32. The van der Waals surface area contributed by atoms with Crippen molar-refractivity contribution in [2.75, 3.05) is 5.75 Å². The van der Waals surface area contributed by atoms with Gasteiger partial charge < -0.3 is 0 Å². The molecule has 13 heavy (non-hydrogen) atoms. The van der Waals surface area contributed by atoms with Crippen LogP contribution < -0.4 is 0 Å². The van der Waals surface area contributed by atoms with Crippen LogP contribution in [0.25, 0.3) is 0 Å². The summed E-state index contributed by atoms with van der Waals surface area (Å²) in [5.41, 5.74) is 0.133.